The highest BCUT2D eigenvalue weighted by Gasteiger charge is 2.27. The minimum atomic E-state index is -3.08. The van der Waals surface area contributed by atoms with Gasteiger partial charge in [0, 0.05) is 28.8 Å². The van der Waals surface area contributed by atoms with Crippen molar-refractivity contribution < 1.29 is 46.9 Å². The summed E-state index contributed by atoms with van der Waals surface area (Å²) in [5, 5.41) is 12.9. The molecule has 3 N–H and O–H groups in total. The molecular weight excluding hydrogens is 601 g/mol. The summed E-state index contributed by atoms with van der Waals surface area (Å²) in [6, 6.07) is 6.57. The van der Waals surface area contributed by atoms with E-state index in [1.165, 1.54) is 44.4 Å². The van der Waals surface area contributed by atoms with Gasteiger partial charge in [-0.25, -0.2) is 4.39 Å². The summed E-state index contributed by atoms with van der Waals surface area (Å²) in [5.41, 5.74) is 0.449. The molecular formula is C28H34ClF3N2O7S. The third-order valence-corrected chi connectivity index (χ3v) is 6.83. The Morgan fingerprint density at radius 3 is 2.26 bits per heavy atom. The number of Topliss-reactive ketones (excluding diaryl/α,β-unsaturated/α-hetero) is 1. The number of halogens is 4. The molecule has 2 aromatic carbocycles. The number of ketones is 1. The number of rotatable bonds is 14. The molecule has 42 heavy (non-hydrogen) atoms. The smallest absolute Gasteiger partial charge is 0.387 e. The number of hydrogen-bond donors (Lipinski definition) is 3. The molecule has 232 valence electrons. The van der Waals surface area contributed by atoms with Crippen LogP contribution < -0.4 is 20.1 Å². The molecule has 2 aromatic rings. The zero-order valence-electron chi connectivity index (χ0n) is 23.7. The second kappa shape index (κ2) is 18.2. The Labute approximate surface area is 251 Å². The second-order valence-corrected chi connectivity index (χ2v) is 10.6. The van der Waals surface area contributed by atoms with Crippen LogP contribution in [0.3, 0.4) is 0 Å². The van der Waals surface area contributed by atoms with Gasteiger partial charge in [-0.3, -0.25) is 19.2 Å². The standard InChI is InChI=1S/C26H30ClF3N2O5S.C2H4O2/c1-14(2)24(32-23(34)11-16-10-17(36-4)8-9-22(16)37-26(29)30)25(35)31-15(3)21(33)13-38-12-18-19(27)6-5-7-20(18)28;1-2(3)4/h5-10,14-15,24,26H,11-13H2,1-4H3,(H,31,35)(H,32,34);1H3,(H,3,4)/t15-,24?;/m0./s1. The van der Waals surface area contributed by atoms with Crippen molar-refractivity contribution in [1.82, 2.24) is 10.6 Å². The van der Waals surface area contributed by atoms with Crippen LogP contribution >= 0.6 is 23.4 Å². The third-order valence-electron chi connectivity index (χ3n) is 5.49. The molecule has 0 saturated heterocycles. The van der Waals surface area contributed by atoms with Gasteiger partial charge in [0.25, 0.3) is 5.97 Å². The maximum Gasteiger partial charge on any atom is 0.387 e. The summed E-state index contributed by atoms with van der Waals surface area (Å²) >= 11 is 7.17. The van der Waals surface area contributed by atoms with Crippen molar-refractivity contribution >= 4 is 46.9 Å². The summed E-state index contributed by atoms with van der Waals surface area (Å²) in [6.45, 7) is 2.93. The fraction of sp³-hybridized carbons (Fsp3) is 0.429. The highest BCUT2D eigenvalue weighted by molar-refractivity contribution is 7.99. The summed E-state index contributed by atoms with van der Waals surface area (Å²) in [6.07, 6.45) is -0.348. The fourth-order valence-corrected chi connectivity index (χ4v) is 4.76. The van der Waals surface area contributed by atoms with Gasteiger partial charge in [-0.2, -0.15) is 8.78 Å². The van der Waals surface area contributed by atoms with Crippen LogP contribution in [0.4, 0.5) is 13.2 Å². The molecule has 0 aliphatic carbocycles. The highest BCUT2D eigenvalue weighted by atomic mass is 35.5. The van der Waals surface area contributed by atoms with Crippen molar-refractivity contribution in [2.45, 2.75) is 58.6 Å². The number of thioether (sulfide) groups is 1. The molecule has 0 bridgehead atoms. The van der Waals surface area contributed by atoms with E-state index in [2.05, 4.69) is 15.4 Å². The Morgan fingerprint density at radius 2 is 1.71 bits per heavy atom. The van der Waals surface area contributed by atoms with Crippen molar-refractivity contribution in [2.24, 2.45) is 5.92 Å². The number of methoxy groups -OCH3 is 1. The summed E-state index contributed by atoms with van der Waals surface area (Å²) in [5.74, 6) is -2.78. The van der Waals surface area contributed by atoms with Gasteiger partial charge in [0.05, 0.1) is 25.3 Å². The quantitative estimate of drug-likeness (QED) is 0.268. The molecule has 2 amide bonds. The first kappa shape index (κ1) is 36.6. The number of alkyl halides is 2. The van der Waals surface area contributed by atoms with Gasteiger partial charge in [0.15, 0.2) is 5.78 Å². The average Bonchev–Trinajstić information content (AvgIpc) is 2.88. The van der Waals surface area contributed by atoms with E-state index in [1.54, 1.807) is 19.9 Å². The Hall–Kier alpha value is -3.45. The van der Waals surface area contributed by atoms with Gasteiger partial charge < -0.3 is 25.2 Å². The van der Waals surface area contributed by atoms with Crippen LogP contribution in [-0.2, 0) is 31.4 Å². The van der Waals surface area contributed by atoms with Crippen LogP contribution in [0.1, 0.15) is 38.8 Å². The Morgan fingerprint density at radius 1 is 1.07 bits per heavy atom. The SMILES string of the molecule is CC(=O)O.COc1ccc(OC(F)F)c(CC(=O)NC(C(=O)N[C@@H](C)C(=O)CSCc2c(F)cccc2Cl)C(C)C)c1. The minimum absolute atomic E-state index is 0.00751. The number of hydrogen-bond acceptors (Lipinski definition) is 7. The number of aliphatic carboxylic acids is 1. The number of benzene rings is 2. The topological polar surface area (TPSA) is 131 Å². The predicted molar refractivity (Wildman–Crippen MR) is 154 cm³/mol. The number of carbonyl (C=O) groups excluding carboxylic acids is 3. The van der Waals surface area contributed by atoms with Crippen LogP contribution in [0.5, 0.6) is 11.5 Å². The van der Waals surface area contributed by atoms with E-state index in [0.717, 1.165) is 18.7 Å². The van der Waals surface area contributed by atoms with Crippen LogP contribution in [0.2, 0.25) is 5.02 Å². The fourth-order valence-electron chi connectivity index (χ4n) is 3.40. The Kier molecular flexibility index (Phi) is 15.8. The van der Waals surface area contributed by atoms with Crippen molar-refractivity contribution in [3.05, 3.63) is 58.4 Å². The molecule has 1 unspecified atom stereocenters. The number of amides is 2. The number of nitrogens with one attached hydrogen (secondary N) is 2. The predicted octanol–water partition coefficient (Wildman–Crippen LogP) is 4.87. The summed E-state index contributed by atoms with van der Waals surface area (Å²) in [4.78, 5) is 47.2. The summed E-state index contributed by atoms with van der Waals surface area (Å²) in [7, 11) is 1.39. The number of carboxylic acid groups (broad SMARTS) is 1. The van der Waals surface area contributed by atoms with E-state index in [9.17, 15) is 27.6 Å². The van der Waals surface area contributed by atoms with Crippen LogP contribution in [0.15, 0.2) is 36.4 Å². The van der Waals surface area contributed by atoms with E-state index >= 15 is 0 Å². The van der Waals surface area contributed by atoms with E-state index < -0.39 is 42.3 Å². The Bertz CT molecular complexity index is 1210. The van der Waals surface area contributed by atoms with Gasteiger partial charge in [0.1, 0.15) is 23.4 Å². The monoisotopic (exact) mass is 634 g/mol. The lowest BCUT2D eigenvalue weighted by Crippen LogP contribution is -2.53. The minimum Gasteiger partial charge on any atom is -0.497 e. The van der Waals surface area contributed by atoms with Crippen molar-refractivity contribution in [2.75, 3.05) is 12.9 Å². The van der Waals surface area contributed by atoms with Gasteiger partial charge in [-0.1, -0.05) is 31.5 Å². The molecule has 0 saturated carbocycles. The molecule has 0 heterocycles. The number of carboxylic acids is 1. The molecule has 0 fully saturated rings. The first-order valence-electron chi connectivity index (χ1n) is 12.6. The largest absolute Gasteiger partial charge is 0.497 e. The van der Waals surface area contributed by atoms with Crippen LogP contribution in [0, 0.1) is 11.7 Å². The van der Waals surface area contributed by atoms with Crippen molar-refractivity contribution in [3.63, 3.8) is 0 Å². The lowest BCUT2D eigenvalue weighted by Gasteiger charge is -2.24. The van der Waals surface area contributed by atoms with Gasteiger partial charge >= 0.3 is 6.61 Å². The lowest BCUT2D eigenvalue weighted by molar-refractivity contribution is -0.134. The average molecular weight is 635 g/mol. The van der Waals surface area contributed by atoms with Crippen LogP contribution in [0.25, 0.3) is 0 Å². The third kappa shape index (κ3) is 13.0. The molecule has 2 atom stereocenters. The molecule has 0 aromatic heterocycles. The zero-order valence-corrected chi connectivity index (χ0v) is 25.3. The normalized spacial score (nSPS) is 12.1. The van der Waals surface area contributed by atoms with E-state index in [0.29, 0.717) is 11.3 Å². The maximum absolute atomic E-state index is 13.9. The van der Waals surface area contributed by atoms with Gasteiger partial charge in [-0.05, 0) is 43.2 Å². The molecule has 0 spiro atoms. The maximum atomic E-state index is 13.9. The first-order valence-corrected chi connectivity index (χ1v) is 14.1. The van der Waals surface area contributed by atoms with Crippen molar-refractivity contribution in [3.8, 4) is 11.5 Å². The second-order valence-electron chi connectivity index (χ2n) is 9.23. The molecule has 0 radical (unpaired) electrons. The molecule has 2 rings (SSSR count). The van der Waals surface area contributed by atoms with Crippen molar-refractivity contribution in [1.29, 1.82) is 0 Å². The summed E-state index contributed by atoms with van der Waals surface area (Å²) < 4.78 is 49.0. The lowest BCUT2D eigenvalue weighted by atomic mass is 10.0. The van der Waals surface area contributed by atoms with E-state index in [1.807, 2.05) is 0 Å². The first-order chi connectivity index (χ1) is 19.7. The highest BCUT2D eigenvalue weighted by Crippen LogP contribution is 2.27. The van der Waals surface area contributed by atoms with Gasteiger partial charge in [-0.15, -0.1) is 11.8 Å². The van der Waals surface area contributed by atoms with E-state index in [4.69, 9.17) is 26.2 Å². The number of ether oxygens (including phenoxy) is 2. The zero-order chi connectivity index (χ0) is 32.0. The molecule has 9 nitrogen and oxygen atoms in total. The molecule has 14 heteroatoms. The van der Waals surface area contributed by atoms with E-state index in [-0.39, 0.29) is 46.0 Å². The van der Waals surface area contributed by atoms with Gasteiger partial charge in [0.2, 0.25) is 11.8 Å². The Balaban J connectivity index is 0.00000206. The molecule has 0 aliphatic rings. The van der Waals surface area contributed by atoms with Crippen LogP contribution in [-0.4, -0.2) is 60.2 Å². The number of carbonyl (C=O) groups is 4. The molecule has 0 aliphatic heterocycles.